The fourth-order valence-electron chi connectivity index (χ4n) is 2.98. The number of carboxylic acid groups (broad SMARTS) is 1. The summed E-state index contributed by atoms with van der Waals surface area (Å²) in [7, 11) is -3.81. The molecule has 20 heavy (non-hydrogen) atoms. The molecule has 6 nitrogen and oxygen atoms in total. The Kier molecular flexibility index (Phi) is 3.27. The van der Waals surface area contributed by atoms with E-state index >= 15 is 0 Å². The minimum absolute atomic E-state index is 0.124. The van der Waals surface area contributed by atoms with Crippen LogP contribution >= 0.6 is 0 Å². The molecule has 0 bridgehead atoms. The molecule has 3 atom stereocenters. The quantitative estimate of drug-likeness (QED) is 0.887. The fourth-order valence-corrected chi connectivity index (χ4v) is 4.83. The number of sulfonamides is 1. The molecule has 1 unspecified atom stereocenters. The van der Waals surface area contributed by atoms with Crippen LogP contribution in [0.15, 0.2) is 35.2 Å². The van der Waals surface area contributed by atoms with E-state index in [4.69, 9.17) is 4.74 Å². The van der Waals surface area contributed by atoms with Crippen molar-refractivity contribution in [3.63, 3.8) is 0 Å². The third-order valence-electron chi connectivity index (χ3n) is 3.87. The summed E-state index contributed by atoms with van der Waals surface area (Å²) in [6.45, 7) is 0.475. The zero-order valence-electron chi connectivity index (χ0n) is 10.7. The Hall–Kier alpha value is -1.44. The lowest BCUT2D eigenvalue weighted by Crippen LogP contribution is -2.45. The summed E-state index contributed by atoms with van der Waals surface area (Å²) >= 11 is 0. The van der Waals surface area contributed by atoms with Crippen LogP contribution in [0.25, 0.3) is 0 Å². The van der Waals surface area contributed by atoms with E-state index in [2.05, 4.69) is 0 Å². The summed E-state index contributed by atoms with van der Waals surface area (Å²) in [6.07, 6.45) is 0.446. The molecule has 1 aromatic carbocycles. The van der Waals surface area contributed by atoms with Crippen molar-refractivity contribution in [2.75, 3.05) is 6.61 Å². The van der Waals surface area contributed by atoms with Gasteiger partial charge < -0.3 is 9.84 Å². The number of ether oxygens (including phenoxy) is 1. The summed E-state index contributed by atoms with van der Waals surface area (Å²) in [5, 5.41) is 9.29. The highest BCUT2D eigenvalue weighted by atomic mass is 32.2. The third kappa shape index (κ3) is 2.02. The second kappa shape index (κ2) is 4.83. The first-order valence-electron chi connectivity index (χ1n) is 6.45. The molecule has 0 aliphatic carbocycles. The summed E-state index contributed by atoms with van der Waals surface area (Å²) in [6, 6.07) is 6.52. The molecule has 2 aliphatic heterocycles. The zero-order valence-corrected chi connectivity index (χ0v) is 11.5. The number of rotatable bonds is 3. The van der Waals surface area contributed by atoms with E-state index in [9.17, 15) is 18.3 Å². The number of carboxylic acids is 1. The maximum atomic E-state index is 12.7. The first kappa shape index (κ1) is 13.5. The lowest BCUT2D eigenvalue weighted by atomic mass is 10.1. The van der Waals surface area contributed by atoms with Crippen LogP contribution in [-0.4, -0.2) is 48.6 Å². The Morgan fingerprint density at radius 2 is 2.00 bits per heavy atom. The van der Waals surface area contributed by atoms with Gasteiger partial charge in [0.15, 0.2) is 0 Å². The molecule has 0 radical (unpaired) electrons. The molecular weight excluding hydrogens is 282 g/mol. The molecule has 2 fully saturated rings. The van der Waals surface area contributed by atoms with Gasteiger partial charge in [0.05, 0.1) is 17.0 Å². The van der Waals surface area contributed by atoms with E-state index in [1.54, 1.807) is 18.2 Å². The van der Waals surface area contributed by atoms with Gasteiger partial charge in [0.2, 0.25) is 10.0 Å². The zero-order chi connectivity index (χ0) is 14.3. The molecule has 108 valence electrons. The van der Waals surface area contributed by atoms with Crippen molar-refractivity contribution in [1.29, 1.82) is 0 Å². The lowest BCUT2D eigenvalue weighted by Gasteiger charge is -2.25. The van der Waals surface area contributed by atoms with Crippen molar-refractivity contribution in [1.82, 2.24) is 4.31 Å². The molecule has 2 aliphatic rings. The summed E-state index contributed by atoms with van der Waals surface area (Å²) in [4.78, 5) is 11.5. The maximum absolute atomic E-state index is 12.7. The number of benzene rings is 1. The van der Waals surface area contributed by atoms with Crippen LogP contribution in [-0.2, 0) is 19.6 Å². The number of hydrogen-bond acceptors (Lipinski definition) is 4. The molecule has 0 amide bonds. The average Bonchev–Trinajstić information content (AvgIpc) is 2.99. The van der Waals surface area contributed by atoms with Crippen LogP contribution in [0.4, 0.5) is 0 Å². The third-order valence-corrected chi connectivity index (χ3v) is 5.82. The van der Waals surface area contributed by atoms with E-state index in [1.165, 1.54) is 12.1 Å². The lowest BCUT2D eigenvalue weighted by molar-refractivity contribution is -0.141. The van der Waals surface area contributed by atoms with Gasteiger partial charge in [-0.15, -0.1) is 0 Å². The highest BCUT2D eigenvalue weighted by molar-refractivity contribution is 7.89. The van der Waals surface area contributed by atoms with Gasteiger partial charge in [-0.1, -0.05) is 18.2 Å². The molecule has 1 N–H and O–H groups in total. The van der Waals surface area contributed by atoms with Gasteiger partial charge in [-0.3, -0.25) is 4.79 Å². The number of hydrogen-bond donors (Lipinski definition) is 1. The van der Waals surface area contributed by atoms with Gasteiger partial charge >= 0.3 is 5.97 Å². The molecule has 7 heteroatoms. The van der Waals surface area contributed by atoms with E-state index in [1.807, 2.05) is 0 Å². The number of nitrogens with zero attached hydrogens (tertiary/aromatic N) is 1. The number of aliphatic carboxylic acids is 1. The molecule has 0 aromatic heterocycles. The van der Waals surface area contributed by atoms with E-state index in [-0.39, 0.29) is 23.5 Å². The Balaban J connectivity index is 2.03. The maximum Gasteiger partial charge on any atom is 0.322 e. The number of fused-ring (bicyclic) bond motifs is 1. The monoisotopic (exact) mass is 297 g/mol. The summed E-state index contributed by atoms with van der Waals surface area (Å²) < 4.78 is 32.0. The molecule has 2 saturated heterocycles. The van der Waals surface area contributed by atoms with Crippen molar-refractivity contribution >= 4 is 16.0 Å². The van der Waals surface area contributed by atoms with Crippen LogP contribution in [0.2, 0.25) is 0 Å². The smallest absolute Gasteiger partial charge is 0.322 e. The first-order valence-corrected chi connectivity index (χ1v) is 7.89. The molecular formula is C13H15NO5S. The summed E-state index contributed by atoms with van der Waals surface area (Å²) in [5.41, 5.74) is 0. The Morgan fingerprint density at radius 3 is 2.65 bits per heavy atom. The molecule has 0 spiro atoms. The Bertz CT molecular complexity index is 615. The average molecular weight is 297 g/mol. The second-order valence-corrected chi connectivity index (χ2v) is 6.85. The van der Waals surface area contributed by atoms with Gasteiger partial charge in [0, 0.05) is 13.0 Å². The van der Waals surface area contributed by atoms with Crippen LogP contribution in [0, 0.1) is 0 Å². The van der Waals surface area contributed by atoms with Gasteiger partial charge in [-0.25, -0.2) is 8.42 Å². The van der Waals surface area contributed by atoms with Crippen molar-refractivity contribution in [2.45, 2.75) is 35.9 Å². The Labute approximate surface area is 117 Å². The van der Waals surface area contributed by atoms with Crippen molar-refractivity contribution < 1.29 is 23.1 Å². The predicted octanol–water partition coefficient (Wildman–Crippen LogP) is 0.692. The van der Waals surface area contributed by atoms with Gasteiger partial charge in [0.25, 0.3) is 0 Å². The molecule has 0 saturated carbocycles. The second-order valence-electron chi connectivity index (χ2n) is 5.00. The largest absolute Gasteiger partial charge is 0.480 e. The van der Waals surface area contributed by atoms with Crippen LogP contribution in [0.3, 0.4) is 0 Å². The van der Waals surface area contributed by atoms with Crippen molar-refractivity contribution in [2.24, 2.45) is 0 Å². The van der Waals surface area contributed by atoms with Crippen molar-refractivity contribution in [3.8, 4) is 0 Å². The standard InChI is InChI=1S/C13H15NO5S/c15-13(16)11-8-12-10(6-7-19-12)14(11)20(17,18)9-4-2-1-3-5-9/h1-5,10-12H,6-8H2,(H,15,16)/t10-,11?,12-/m0/s1. The highest BCUT2D eigenvalue weighted by Gasteiger charge is 2.53. The predicted molar refractivity (Wildman–Crippen MR) is 69.7 cm³/mol. The Morgan fingerprint density at radius 1 is 1.30 bits per heavy atom. The van der Waals surface area contributed by atoms with Crippen LogP contribution in [0.1, 0.15) is 12.8 Å². The summed E-state index contributed by atoms with van der Waals surface area (Å²) in [5.74, 6) is -1.12. The molecule has 3 rings (SSSR count). The van der Waals surface area contributed by atoms with Gasteiger partial charge in [-0.05, 0) is 18.6 Å². The minimum atomic E-state index is -3.81. The topological polar surface area (TPSA) is 83.9 Å². The SMILES string of the molecule is O=C(O)C1C[C@@H]2OCC[C@@H]2N1S(=O)(=O)c1ccccc1. The van der Waals surface area contributed by atoms with Gasteiger partial charge in [0.1, 0.15) is 6.04 Å². The van der Waals surface area contributed by atoms with E-state index in [0.717, 1.165) is 4.31 Å². The normalized spacial score (nSPS) is 30.3. The molecule has 2 heterocycles. The van der Waals surface area contributed by atoms with Crippen LogP contribution in [0.5, 0.6) is 0 Å². The van der Waals surface area contributed by atoms with Gasteiger partial charge in [-0.2, -0.15) is 4.31 Å². The van der Waals surface area contributed by atoms with E-state index in [0.29, 0.717) is 13.0 Å². The highest BCUT2D eigenvalue weighted by Crippen LogP contribution is 2.37. The fraction of sp³-hybridized carbons (Fsp3) is 0.462. The minimum Gasteiger partial charge on any atom is -0.480 e. The van der Waals surface area contributed by atoms with Crippen LogP contribution < -0.4 is 0 Å². The first-order chi connectivity index (χ1) is 9.51. The molecule has 1 aromatic rings. The number of carbonyl (C=O) groups is 1. The van der Waals surface area contributed by atoms with E-state index < -0.39 is 22.0 Å². The van der Waals surface area contributed by atoms with Crippen molar-refractivity contribution in [3.05, 3.63) is 30.3 Å².